The van der Waals surface area contributed by atoms with E-state index in [0.717, 1.165) is 12.5 Å². The number of pyridine rings is 1. The zero-order valence-corrected chi connectivity index (χ0v) is 11.1. The summed E-state index contributed by atoms with van der Waals surface area (Å²) in [6.45, 7) is 5.34. The van der Waals surface area contributed by atoms with Crippen LogP contribution in [0.4, 0.5) is 0 Å². The van der Waals surface area contributed by atoms with Gasteiger partial charge in [-0.15, -0.1) is 0 Å². The smallest absolute Gasteiger partial charge is 0.0420 e. The van der Waals surface area contributed by atoms with Crippen molar-refractivity contribution in [3.8, 4) is 0 Å². The fraction of sp³-hybridized carbons (Fsp3) is 0.667. The van der Waals surface area contributed by atoms with Crippen molar-refractivity contribution < 1.29 is 0 Å². The second-order valence-corrected chi connectivity index (χ2v) is 5.17. The molecule has 0 saturated heterocycles. The number of aryl methyl sites for hydroxylation is 1. The van der Waals surface area contributed by atoms with E-state index in [9.17, 15) is 0 Å². The predicted octanol–water partition coefficient (Wildman–Crippen LogP) is 3.62. The molecule has 2 rings (SSSR count). The van der Waals surface area contributed by atoms with Crippen LogP contribution in [0.15, 0.2) is 18.3 Å². The Morgan fingerprint density at radius 2 is 2.18 bits per heavy atom. The Bertz CT molecular complexity index is 343. The summed E-state index contributed by atoms with van der Waals surface area (Å²) in [7, 11) is 0. The Balaban J connectivity index is 2.08. The van der Waals surface area contributed by atoms with Crippen LogP contribution in [0.1, 0.15) is 56.3 Å². The molecule has 1 saturated carbocycles. The number of rotatable bonds is 5. The molecule has 1 fully saturated rings. The summed E-state index contributed by atoms with van der Waals surface area (Å²) < 4.78 is 0. The van der Waals surface area contributed by atoms with Gasteiger partial charge in [-0.05, 0) is 37.4 Å². The summed E-state index contributed by atoms with van der Waals surface area (Å²) in [6, 6.07) is 4.78. The molecule has 1 N–H and O–H groups in total. The van der Waals surface area contributed by atoms with Crippen LogP contribution in [0.3, 0.4) is 0 Å². The van der Waals surface area contributed by atoms with Crippen molar-refractivity contribution in [2.75, 3.05) is 6.54 Å². The number of hydrogen-bond acceptors (Lipinski definition) is 2. The van der Waals surface area contributed by atoms with Gasteiger partial charge in [-0.2, -0.15) is 0 Å². The van der Waals surface area contributed by atoms with Gasteiger partial charge in [0.2, 0.25) is 0 Å². The van der Waals surface area contributed by atoms with E-state index < -0.39 is 0 Å². The topological polar surface area (TPSA) is 24.9 Å². The maximum atomic E-state index is 4.42. The molecule has 0 bridgehead atoms. The van der Waals surface area contributed by atoms with E-state index in [1.54, 1.807) is 0 Å². The van der Waals surface area contributed by atoms with Crippen molar-refractivity contribution in [3.05, 3.63) is 29.6 Å². The normalized spacial score (nSPS) is 18.5. The van der Waals surface area contributed by atoms with Crippen LogP contribution in [-0.4, -0.2) is 11.5 Å². The molecular formula is C15H24N2. The van der Waals surface area contributed by atoms with Gasteiger partial charge in [-0.1, -0.05) is 38.7 Å². The highest BCUT2D eigenvalue weighted by Crippen LogP contribution is 2.33. The molecule has 1 atom stereocenters. The fourth-order valence-electron chi connectivity index (χ4n) is 3.01. The molecule has 94 valence electrons. The molecule has 0 aromatic carbocycles. The summed E-state index contributed by atoms with van der Waals surface area (Å²) in [6.07, 6.45) is 8.85. The minimum Gasteiger partial charge on any atom is -0.310 e. The average Bonchev–Trinajstić information content (AvgIpc) is 2.82. The molecule has 1 aliphatic rings. The molecule has 1 aromatic heterocycles. The first kappa shape index (κ1) is 12.6. The minimum absolute atomic E-state index is 0.497. The molecule has 1 aromatic rings. The van der Waals surface area contributed by atoms with Crippen LogP contribution in [0.5, 0.6) is 0 Å². The lowest BCUT2D eigenvalue weighted by molar-refractivity contribution is 0.399. The third-order valence-electron chi connectivity index (χ3n) is 3.92. The Morgan fingerprint density at radius 1 is 1.41 bits per heavy atom. The SMILES string of the molecule is CCNC(CC1CCCC1)c1cccnc1C. The van der Waals surface area contributed by atoms with Crippen LogP contribution < -0.4 is 5.32 Å². The summed E-state index contributed by atoms with van der Waals surface area (Å²) in [5.41, 5.74) is 2.57. The van der Waals surface area contributed by atoms with Gasteiger partial charge >= 0.3 is 0 Å². The number of aromatic nitrogens is 1. The van der Waals surface area contributed by atoms with Gasteiger partial charge in [-0.25, -0.2) is 0 Å². The molecule has 0 radical (unpaired) electrons. The predicted molar refractivity (Wildman–Crippen MR) is 72.0 cm³/mol. The average molecular weight is 232 g/mol. The third kappa shape index (κ3) is 3.29. The Hall–Kier alpha value is -0.890. The van der Waals surface area contributed by atoms with E-state index in [1.807, 2.05) is 6.20 Å². The largest absolute Gasteiger partial charge is 0.310 e. The molecule has 1 aliphatic carbocycles. The fourth-order valence-corrected chi connectivity index (χ4v) is 3.01. The monoisotopic (exact) mass is 232 g/mol. The van der Waals surface area contributed by atoms with Crippen molar-refractivity contribution in [3.63, 3.8) is 0 Å². The molecular weight excluding hydrogens is 208 g/mol. The first-order valence-corrected chi connectivity index (χ1v) is 6.96. The lowest BCUT2D eigenvalue weighted by Gasteiger charge is -2.23. The molecule has 0 amide bonds. The number of nitrogens with one attached hydrogen (secondary N) is 1. The highest BCUT2D eigenvalue weighted by atomic mass is 14.9. The Labute approximate surface area is 105 Å². The van der Waals surface area contributed by atoms with Gasteiger partial charge in [0.1, 0.15) is 0 Å². The molecule has 0 aliphatic heterocycles. The van der Waals surface area contributed by atoms with E-state index in [4.69, 9.17) is 0 Å². The lowest BCUT2D eigenvalue weighted by atomic mass is 9.93. The molecule has 1 heterocycles. The number of nitrogens with zero attached hydrogens (tertiary/aromatic N) is 1. The second-order valence-electron chi connectivity index (χ2n) is 5.17. The molecule has 2 nitrogen and oxygen atoms in total. The van der Waals surface area contributed by atoms with E-state index in [1.165, 1.54) is 43.4 Å². The van der Waals surface area contributed by atoms with E-state index in [0.29, 0.717) is 6.04 Å². The highest BCUT2D eigenvalue weighted by molar-refractivity contribution is 5.22. The summed E-state index contributed by atoms with van der Waals surface area (Å²) in [5.74, 6) is 0.915. The van der Waals surface area contributed by atoms with Crippen LogP contribution in [0.2, 0.25) is 0 Å². The van der Waals surface area contributed by atoms with E-state index in [2.05, 4.69) is 36.3 Å². The maximum Gasteiger partial charge on any atom is 0.0420 e. The van der Waals surface area contributed by atoms with Gasteiger partial charge in [0.25, 0.3) is 0 Å². The van der Waals surface area contributed by atoms with Crippen LogP contribution in [-0.2, 0) is 0 Å². The molecule has 0 spiro atoms. The van der Waals surface area contributed by atoms with Crippen molar-refractivity contribution >= 4 is 0 Å². The Morgan fingerprint density at radius 3 is 2.82 bits per heavy atom. The lowest BCUT2D eigenvalue weighted by Crippen LogP contribution is -2.24. The summed E-state index contributed by atoms with van der Waals surface area (Å²) in [5, 5.41) is 3.63. The van der Waals surface area contributed by atoms with Crippen LogP contribution in [0.25, 0.3) is 0 Å². The summed E-state index contributed by atoms with van der Waals surface area (Å²) in [4.78, 5) is 4.42. The Kier molecular flexibility index (Phi) is 4.55. The van der Waals surface area contributed by atoms with Crippen molar-refractivity contribution in [2.24, 2.45) is 5.92 Å². The van der Waals surface area contributed by atoms with Gasteiger partial charge in [0.15, 0.2) is 0 Å². The summed E-state index contributed by atoms with van der Waals surface area (Å²) >= 11 is 0. The third-order valence-corrected chi connectivity index (χ3v) is 3.92. The van der Waals surface area contributed by atoms with Gasteiger partial charge in [-0.3, -0.25) is 4.98 Å². The zero-order valence-electron chi connectivity index (χ0n) is 11.1. The first-order valence-electron chi connectivity index (χ1n) is 6.96. The van der Waals surface area contributed by atoms with Gasteiger partial charge < -0.3 is 5.32 Å². The molecule has 17 heavy (non-hydrogen) atoms. The maximum absolute atomic E-state index is 4.42. The quantitative estimate of drug-likeness (QED) is 0.838. The molecule has 1 unspecified atom stereocenters. The minimum atomic E-state index is 0.497. The van der Waals surface area contributed by atoms with Crippen LogP contribution >= 0.6 is 0 Å². The van der Waals surface area contributed by atoms with Crippen molar-refractivity contribution in [1.82, 2.24) is 10.3 Å². The van der Waals surface area contributed by atoms with Gasteiger partial charge in [0, 0.05) is 17.9 Å². The number of hydrogen-bond donors (Lipinski definition) is 1. The molecule has 2 heteroatoms. The van der Waals surface area contributed by atoms with Crippen molar-refractivity contribution in [1.29, 1.82) is 0 Å². The van der Waals surface area contributed by atoms with E-state index in [-0.39, 0.29) is 0 Å². The highest BCUT2D eigenvalue weighted by Gasteiger charge is 2.21. The second kappa shape index (κ2) is 6.15. The van der Waals surface area contributed by atoms with Crippen molar-refractivity contribution in [2.45, 2.75) is 52.0 Å². The standard InChI is InChI=1S/C15H24N2/c1-3-16-15(11-13-7-4-5-8-13)14-9-6-10-17-12(14)2/h6,9-10,13,15-16H,3-5,7-8,11H2,1-2H3. The van der Waals surface area contributed by atoms with E-state index >= 15 is 0 Å². The zero-order chi connectivity index (χ0) is 12.1. The first-order chi connectivity index (χ1) is 8.31. The van der Waals surface area contributed by atoms with Crippen LogP contribution in [0, 0.1) is 12.8 Å². The van der Waals surface area contributed by atoms with Gasteiger partial charge in [0.05, 0.1) is 0 Å².